The third-order valence-electron chi connectivity index (χ3n) is 4.70. The van der Waals surface area contributed by atoms with Gasteiger partial charge in [0.25, 0.3) is 0 Å². The van der Waals surface area contributed by atoms with E-state index in [2.05, 4.69) is 4.90 Å². The molecule has 27 heavy (non-hydrogen) atoms. The summed E-state index contributed by atoms with van der Waals surface area (Å²) in [5.41, 5.74) is 1.08. The molecule has 2 aliphatic heterocycles. The molecule has 0 radical (unpaired) electrons. The number of hydrogen-bond acceptors (Lipinski definition) is 5. The molecule has 2 aromatic carbocycles. The van der Waals surface area contributed by atoms with E-state index in [0.717, 1.165) is 29.2 Å². The van der Waals surface area contributed by atoms with Gasteiger partial charge in [0, 0.05) is 32.7 Å². The van der Waals surface area contributed by atoms with Crippen LogP contribution in [0.15, 0.2) is 41.3 Å². The Morgan fingerprint density at radius 1 is 1.00 bits per heavy atom. The van der Waals surface area contributed by atoms with Crippen LogP contribution in [0.1, 0.15) is 5.56 Å². The summed E-state index contributed by atoms with van der Waals surface area (Å²) in [6.07, 6.45) is 0. The molecule has 4 rings (SSSR count). The number of ether oxygens (including phenoxy) is 2. The first-order valence-corrected chi connectivity index (χ1v) is 10.3. The topological polar surface area (TPSA) is 59.1 Å². The van der Waals surface area contributed by atoms with E-state index >= 15 is 0 Å². The summed E-state index contributed by atoms with van der Waals surface area (Å²) in [5, 5.41) is -0.197. The van der Waals surface area contributed by atoms with Crippen molar-refractivity contribution in [3.8, 4) is 11.5 Å². The Morgan fingerprint density at radius 3 is 2.48 bits per heavy atom. The monoisotopic (exact) mass is 412 g/mol. The molecule has 2 heterocycles. The first-order valence-electron chi connectivity index (χ1n) is 8.49. The molecule has 0 amide bonds. The Bertz CT molecular complexity index is 962. The molecule has 2 aliphatic rings. The summed E-state index contributed by atoms with van der Waals surface area (Å²) in [5.74, 6) is 0.846. The van der Waals surface area contributed by atoms with Gasteiger partial charge in [-0.1, -0.05) is 17.7 Å². The van der Waals surface area contributed by atoms with Crippen LogP contribution in [-0.4, -0.2) is 50.6 Å². The van der Waals surface area contributed by atoms with Crippen LogP contribution in [-0.2, 0) is 16.6 Å². The Kier molecular flexibility index (Phi) is 4.98. The van der Waals surface area contributed by atoms with Crippen molar-refractivity contribution in [1.82, 2.24) is 9.21 Å². The molecular weight excluding hydrogens is 395 g/mol. The van der Waals surface area contributed by atoms with E-state index in [4.69, 9.17) is 21.1 Å². The lowest BCUT2D eigenvalue weighted by atomic mass is 10.2. The van der Waals surface area contributed by atoms with E-state index in [1.165, 1.54) is 10.4 Å². The average molecular weight is 413 g/mol. The predicted molar refractivity (Wildman–Crippen MR) is 98.0 cm³/mol. The van der Waals surface area contributed by atoms with E-state index in [9.17, 15) is 12.8 Å². The summed E-state index contributed by atoms with van der Waals surface area (Å²) in [4.78, 5) is 2.19. The molecule has 0 aromatic heterocycles. The largest absolute Gasteiger partial charge is 0.454 e. The van der Waals surface area contributed by atoms with Crippen molar-refractivity contribution in [3.63, 3.8) is 0 Å². The lowest BCUT2D eigenvalue weighted by Gasteiger charge is -2.34. The average Bonchev–Trinajstić information content (AvgIpc) is 3.12. The molecule has 1 saturated heterocycles. The van der Waals surface area contributed by atoms with Crippen LogP contribution in [0, 0.1) is 5.82 Å². The minimum atomic E-state index is -3.69. The zero-order chi connectivity index (χ0) is 19.0. The third kappa shape index (κ3) is 3.75. The van der Waals surface area contributed by atoms with E-state index in [0.29, 0.717) is 32.7 Å². The molecule has 0 bridgehead atoms. The molecule has 0 N–H and O–H groups in total. The van der Waals surface area contributed by atoms with Crippen molar-refractivity contribution < 1.29 is 22.3 Å². The summed E-state index contributed by atoms with van der Waals surface area (Å²) in [6, 6.07) is 9.30. The second-order valence-corrected chi connectivity index (χ2v) is 8.79. The minimum Gasteiger partial charge on any atom is -0.454 e. The molecule has 0 saturated carbocycles. The van der Waals surface area contributed by atoms with Crippen LogP contribution in [0.4, 0.5) is 4.39 Å². The number of sulfonamides is 1. The normalized spacial score (nSPS) is 18.0. The SMILES string of the molecule is O=S(=O)(c1ccc(F)c(Cl)c1)N1CCN(Cc2ccc3c(c2)OCO3)CC1. The van der Waals surface area contributed by atoms with Crippen LogP contribution in [0.2, 0.25) is 5.02 Å². The molecule has 6 nitrogen and oxygen atoms in total. The third-order valence-corrected chi connectivity index (χ3v) is 6.89. The Hall–Kier alpha value is -1.87. The number of piperazine rings is 1. The van der Waals surface area contributed by atoms with E-state index in [1.54, 1.807) is 0 Å². The van der Waals surface area contributed by atoms with Gasteiger partial charge < -0.3 is 9.47 Å². The summed E-state index contributed by atoms with van der Waals surface area (Å²) < 4.78 is 50.9. The van der Waals surface area contributed by atoms with E-state index in [-0.39, 0.29) is 16.7 Å². The molecule has 9 heteroatoms. The number of halogens is 2. The Balaban J connectivity index is 1.40. The number of hydrogen-bond donors (Lipinski definition) is 0. The second-order valence-electron chi connectivity index (χ2n) is 6.44. The highest BCUT2D eigenvalue weighted by Crippen LogP contribution is 2.33. The number of benzene rings is 2. The Labute approximate surface area is 162 Å². The fraction of sp³-hybridized carbons (Fsp3) is 0.333. The maximum atomic E-state index is 13.3. The van der Waals surface area contributed by atoms with Gasteiger partial charge in [-0.25, -0.2) is 12.8 Å². The van der Waals surface area contributed by atoms with Gasteiger partial charge in [-0.3, -0.25) is 4.90 Å². The summed E-state index contributed by atoms with van der Waals surface area (Å²) in [7, 11) is -3.69. The molecular formula is C18H18ClFN2O4S. The summed E-state index contributed by atoms with van der Waals surface area (Å²) in [6.45, 7) is 2.87. The molecule has 0 spiro atoms. The molecule has 0 atom stereocenters. The highest BCUT2D eigenvalue weighted by Gasteiger charge is 2.29. The molecule has 2 aromatic rings. The fourth-order valence-electron chi connectivity index (χ4n) is 3.21. The van der Waals surface area contributed by atoms with Gasteiger partial charge in [-0.15, -0.1) is 0 Å². The lowest BCUT2D eigenvalue weighted by molar-refractivity contribution is 0.173. The predicted octanol–water partition coefficient (Wildman–Crippen LogP) is 2.71. The number of fused-ring (bicyclic) bond motifs is 1. The second kappa shape index (κ2) is 7.27. The van der Waals surface area contributed by atoms with E-state index in [1.807, 2.05) is 18.2 Å². The van der Waals surface area contributed by atoms with Crippen molar-refractivity contribution in [2.75, 3.05) is 33.0 Å². The summed E-state index contributed by atoms with van der Waals surface area (Å²) >= 11 is 5.73. The highest BCUT2D eigenvalue weighted by molar-refractivity contribution is 7.89. The van der Waals surface area contributed by atoms with Crippen molar-refractivity contribution in [1.29, 1.82) is 0 Å². The quantitative estimate of drug-likeness (QED) is 0.772. The van der Waals surface area contributed by atoms with Gasteiger partial charge >= 0.3 is 0 Å². The van der Waals surface area contributed by atoms with Gasteiger partial charge in [0.2, 0.25) is 16.8 Å². The van der Waals surface area contributed by atoms with Crippen molar-refractivity contribution in [2.24, 2.45) is 0 Å². The molecule has 0 aliphatic carbocycles. The van der Waals surface area contributed by atoms with Gasteiger partial charge in [0.15, 0.2) is 11.5 Å². The van der Waals surface area contributed by atoms with Crippen LogP contribution >= 0.6 is 11.6 Å². The first kappa shape index (κ1) is 18.5. The zero-order valence-corrected chi connectivity index (χ0v) is 16.0. The van der Waals surface area contributed by atoms with E-state index < -0.39 is 15.8 Å². The van der Waals surface area contributed by atoms with Gasteiger partial charge in [-0.2, -0.15) is 4.31 Å². The van der Waals surface area contributed by atoms with Gasteiger partial charge in [0.05, 0.1) is 9.92 Å². The van der Waals surface area contributed by atoms with Crippen molar-refractivity contribution in [2.45, 2.75) is 11.4 Å². The zero-order valence-electron chi connectivity index (χ0n) is 14.4. The maximum absolute atomic E-state index is 13.3. The number of nitrogens with zero attached hydrogens (tertiary/aromatic N) is 2. The maximum Gasteiger partial charge on any atom is 0.243 e. The molecule has 144 valence electrons. The molecule has 1 fully saturated rings. The fourth-order valence-corrected chi connectivity index (χ4v) is 4.91. The van der Waals surface area contributed by atoms with Crippen LogP contribution in [0.3, 0.4) is 0 Å². The van der Waals surface area contributed by atoms with Crippen molar-refractivity contribution in [3.05, 3.63) is 52.8 Å². The van der Waals surface area contributed by atoms with Crippen LogP contribution in [0.5, 0.6) is 11.5 Å². The van der Waals surface area contributed by atoms with Crippen LogP contribution in [0.25, 0.3) is 0 Å². The minimum absolute atomic E-state index is 0.0121. The first-order chi connectivity index (χ1) is 12.9. The smallest absolute Gasteiger partial charge is 0.243 e. The standard InChI is InChI=1S/C18H18ClFN2O4S/c19-15-10-14(2-3-16(15)20)27(23,24)22-7-5-21(6-8-22)11-13-1-4-17-18(9-13)26-12-25-17/h1-4,9-10H,5-8,11-12H2. The number of rotatable bonds is 4. The van der Waals surface area contributed by atoms with Gasteiger partial charge in [-0.05, 0) is 35.9 Å². The Morgan fingerprint density at radius 2 is 1.74 bits per heavy atom. The van der Waals surface area contributed by atoms with Crippen LogP contribution < -0.4 is 9.47 Å². The molecule has 0 unspecified atom stereocenters. The van der Waals surface area contributed by atoms with Gasteiger partial charge in [0.1, 0.15) is 5.82 Å². The van der Waals surface area contributed by atoms with Crippen molar-refractivity contribution >= 4 is 21.6 Å². The highest BCUT2D eigenvalue weighted by atomic mass is 35.5. The lowest BCUT2D eigenvalue weighted by Crippen LogP contribution is -2.48.